The van der Waals surface area contributed by atoms with Crippen molar-refractivity contribution in [3.63, 3.8) is 0 Å². The molecule has 3 aromatic carbocycles. The van der Waals surface area contributed by atoms with E-state index in [4.69, 9.17) is 4.98 Å². The first kappa shape index (κ1) is 17.1. The van der Waals surface area contributed by atoms with Gasteiger partial charge in [0.25, 0.3) is 11.5 Å². The number of carbonyl (C=O) groups is 1. The standard InChI is InChI=1S/C24H17N3O2/c1-15-10-12-16(13-11-15)27-22(25-21-9-5-3-7-18(21)24(27)29)14-19-17-6-2-4-8-20(17)26-23(19)28/h2-14H,1H3,(H,26,28)/b19-14-. The van der Waals surface area contributed by atoms with Gasteiger partial charge in [-0.05, 0) is 43.3 Å². The average Bonchev–Trinajstić information content (AvgIpc) is 3.05. The highest BCUT2D eigenvalue weighted by atomic mass is 16.2. The van der Waals surface area contributed by atoms with Gasteiger partial charge in [-0.3, -0.25) is 14.2 Å². The quantitative estimate of drug-likeness (QED) is 0.531. The Kier molecular flexibility index (Phi) is 3.88. The van der Waals surface area contributed by atoms with Gasteiger partial charge in [0.2, 0.25) is 0 Å². The van der Waals surface area contributed by atoms with Crippen molar-refractivity contribution in [3.05, 3.63) is 100 Å². The highest BCUT2D eigenvalue weighted by molar-refractivity contribution is 6.34. The molecule has 4 aromatic rings. The first-order valence-corrected chi connectivity index (χ1v) is 9.33. The monoisotopic (exact) mass is 379 g/mol. The van der Waals surface area contributed by atoms with Crippen molar-refractivity contribution in [2.24, 2.45) is 0 Å². The number of fused-ring (bicyclic) bond motifs is 2. The number of nitrogens with one attached hydrogen (secondary N) is 1. The SMILES string of the molecule is Cc1ccc(-n2c(/C=C3\C(=O)Nc4ccccc43)nc3ccccc3c2=O)cc1. The summed E-state index contributed by atoms with van der Waals surface area (Å²) >= 11 is 0. The van der Waals surface area contributed by atoms with Crippen molar-refractivity contribution < 1.29 is 4.79 Å². The molecule has 0 fully saturated rings. The van der Waals surface area contributed by atoms with Gasteiger partial charge in [-0.15, -0.1) is 0 Å². The molecule has 5 rings (SSSR count). The van der Waals surface area contributed by atoms with Gasteiger partial charge in [0.15, 0.2) is 0 Å². The molecule has 0 radical (unpaired) electrons. The first-order chi connectivity index (χ1) is 14.1. The smallest absolute Gasteiger partial charge is 0.266 e. The fraction of sp³-hybridized carbons (Fsp3) is 0.0417. The zero-order valence-corrected chi connectivity index (χ0v) is 15.7. The lowest BCUT2D eigenvalue weighted by Crippen LogP contribution is -2.22. The lowest BCUT2D eigenvalue weighted by Gasteiger charge is -2.12. The van der Waals surface area contributed by atoms with E-state index in [0.29, 0.717) is 28.0 Å². The Bertz CT molecular complexity index is 1370. The van der Waals surface area contributed by atoms with Crippen molar-refractivity contribution in [2.75, 3.05) is 5.32 Å². The third-order valence-corrected chi connectivity index (χ3v) is 5.08. The molecule has 1 N–H and O–H groups in total. The van der Waals surface area contributed by atoms with Crippen molar-refractivity contribution >= 4 is 34.1 Å². The van der Waals surface area contributed by atoms with E-state index in [2.05, 4.69) is 5.32 Å². The van der Waals surface area contributed by atoms with Crippen molar-refractivity contribution in [1.82, 2.24) is 9.55 Å². The topological polar surface area (TPSA) is 64.0 Å². The van der Waals surface area contributed by atoms with E-state index in [9.17, 15) is 9.59 Å². The maximum absolute atomic E-state index is 13.3. The Hall–Kier alpha value is -3.99. The zero-order valence-electron chi connectivity index (χ0n) is 15.7. The second kappa shape index (κ2) is 6.56. The summed E-state index contributed by atoms with van der Waals surface area (Å²) in [5.41, 5.74) is 4.28. The molecular formula is C24H17N3O2. The third kappa shape index (κ3) is 2.84. The van der Waals surface area contributed by atoms with Gasteiger partial charge in [-0.2, -0.15) is 0 Å². The number of benzene rings is 3. The lowest BCUT2D eigenvalue weighted by molar-refractivity contribution is -0.110. The number of anilines is 1. The Morgan fingerprint density at radius 2 is 1.62 bits per heavy atom. The van der Waals surface area contributed by atoms with E-state index < -0.39 is 0 Å². The van der Waals surface area contributed by atoms with Gasteiger partial charge in [0, 0.05) is 11.3 Å². The summed E-state index contributed by atoms with van der Waals surface area (Å²) in [6.45, 7) is 1.99. The molecule has 140 valence electrons. The molecule has 0 spiro atoms. The van der Waals surface area contributed by atoms with Crippen LogP contribution in [0.3, 0.4) is 0 Å². The molecule has 1 aliphatic heterocycles. The molecular weight excluding hydrogens is 362 g/mol. The average molecular weight is 379 g/mol. The minimum Gasteiger partial charge on any atom is -0.321 e. The van der Waals surface area contributed by atoms with Crippen LogP contribution in [0.1, 0.15) is 17.0 Å². The fourth-order valence-electron chi connectivity index (χ4n) is 3.60. The lowest BCUT2D eigenvalue weighted by atomic mass is 10.1. The van der Waals surface area contributed by atoms with Crippen molar-refractivity contribution in [3.8, 4) is 5.69 Å². The molecule has 0 saturated heterocycles. The Morgan fingerprint density at radius 3 is 2.45 bits per heavy atom. The molecule has 0 aliphatic carbocycles. The van der Waals surface area contributed by atoms with Crippen LogP contribution in [0.15, 0.2) is 77.6 Å². The minimum absolute atomic E-state index is 0.169. The summed E-state index contributed by atoms with van der Waals surface area (Å²) in [4.78, 5) is 30.6. The van der Waals surface area contributed by atoms with E-state index in [0.717, 1.165) is 16.8 Å². The molecule has 29 heavy (non-hydrogen) atoms. The Labute approximate surface area is 167 Å². The number of aryl methyl sites for hydroxylation is 1. The molecule has 2 heterocycles. The van der Waals surface area contributed by atoms with E-state index in [-0.39, 0.29) is 11.5 Å². The van der Waals surface area contributed by atoms with Gasteiger partial charge < -0.3 is 5.32 Å². The van der Waals surface area contributed by atoms with Crippen molar-refractivity contribution in [2.45, 2.75) is 6.92 Å². The summed E-state index contributed by atoms with van der Waals surface area (Å²) in [6.07, 6.45) is 1.69. The van der Waals surface area contributed by atoms with E-state index in [1.165, 1.54) is 0 Å². The molecule has 5 heteroatoms. The summed E-state index contributed by atoms with van der Waals surface area (Å²) in [5, 5.41) is 3.40. The number of para-hydroxylation sites is 2. The number of hydrogen-bond donors (Lipinski definition) is 1. The second-order valence-electron chi connectivity index (χ2n) is 7.02. The molecule has 0 bridgehead atoms. The number of amides is 1. The molecule has 1 amide bonds. The highest BCUT2D eigenvalue weighted by Crippen LogP contribution is 2.32. The van der Waals surface area contributed by atoms with Crippen LogP contribution in [0.4, 0.5) is 5.69 Å². The van der Waals surface area contributed by atoms with E-state index in [1.807, 2.05) is 67.6 Å². The largest absolute Gasteiger partial charge is 0.321 e. The van der Waals surface area contributed by atoms with Gasteiger partial charge >= 0.3 is 0 Å². The van der Waals surface area contributed by atoms with Crippen molar-refractivity contribution in [1.29, 1.82) is 0 Å². The molecule has 1 aromatic heterocycles. The maximum Gasteiger partial charge on any atom is 0.266 e. The number of carbonyl (C=O) groups excluding carboxylic acids is 1. The van der Waals surface area contributed by atoms with Crippen LogP contribution < -0.4 is 10.9 Å². The zero-order chi connectivity index (χ0) is 20.0. The van der Waals surface area contributed by atoms with E-state index in [1.54, 1.807) is 22.8 Å². The second-order valence-corrected chi connectivity index (χ2v) is 7.02. The van der Waals surface area contributed by atoms with Crippen LogP contribution in [0.25, 0.3) is 28.2 Å². The van der Waals surface area contributed by atoms with Crippen LogP contribution in [0.2, 0.25) is 0 Å². The fourth-order valence-corrected chi connectivity index (χ4v) is 3.60. The third-order valence-electron chi connectivity index (χ3n) is 5.08. The minimum atomic E-state index is -0.205. The van der Waals surface area contributed by atoms with Gasteiger partial charge in [0.05, 0.1) is 22.2 Å². The number of hydrogen-bond acceptors (Lipinski definition) is 3. The van der Waals surface area contributed by atoms with Crippen LogP contribution in [0, 0.1) is 6.92 Å². The molecule has 0 atom stereocenters. The summed E-state index contributed by atoms with van der Waals surface area (Å²) in [7, 11) is 0. The summed E-state index contributed by atoms with van der Waals surface area (Å²) < 4.78 is 1.56. The van der Waals surface area contributed by atoms with Crippen LogP contribution in [-0.2, 0) is 4.79 Å². The maximum atomic E-state index is 13.3. The first-order valence-electron chi connectivity index (χ1n) is 9.33. The molecule has 0 saturated carbocycles. The summed E-state index contributed by atoms with van der Waals surface area (Å²) in [6, 6.07) is 22.4. The number of rotatable bonds is 2. The number of nitrogens with zero attached hydrogens (tertiary/aromatic N) is 2. The normalized spacial score (nSPS) is 14.2. The molecule has 5 nitrogen and oxygen atoms in total. The highest BCUT2D eigenvalue weighted by Gasteiger charge is 2.24. The predicted molar refractivity (Wildman–Crippen MR) is 115 cm³/mol. The van der Waals surface area contributed by atoms with Crippen LogP contribution in [-0.4, -0.2) is 15.5 Å². The van der Waals surface area contributed by atoms with Gasteiger partial charge in [0.1, 0.15) is 5.82 Å². The van der Waals surface area contributed by atoms with Crippen LogP contribution in [0.5, 0.6) is 0 Å². The Balaban J connectivity index is 1.82. The predicted octanol–water partition coefficient (Wildman–Crippen LogP) is 4.19. The van der Waals surface area contributed by atoms with Gasteiger partial charge in [-0.1, -0.05) is 48.0 Å². The number of aromatic nitrogens is 2. The van der Waals surface area contributed by atoms with Gasteiger partial charge in [-0.25, -0.2) is 4.98 Å². The van der Waals surface area contributed by atoms with Crippen LogP contribution >= 0.6 is 0 Å². The molecule has 0 unspecified atom stereocenters. The molecule has 1 aliphatic rings. The summed E-state index contributed by atoms with van der Waals surface area (Å²) in [5.74, 6) is 0.212. The Morgan fingerprint density at radius 1 is 0.897 bits per heavy atom. The van der Waals surface area contributed by atoms with E-state index >= 15 is 0 Å².